The van der Waals surface area contributed by atoms with Crippen molar-refractivity contribution in [2.45, 2.75) is 206 Å². The zero-order chi connectivity index (χ0) is 45.9. The third-order valence-corrected chi connectivity index (χ3v) is 16.2. The fourth-order valence-corrected chi connectivity index (χ4v) is 12.8. The lowest BCUT2D eigenvalue weighted by Gasteiger charge is -2.68. The molecule has 2 bridgehead atoms. The van der Waals surface area contributed by atoms with E-state index in [1.54, 1.807) is 48.5 Å². The van der Waals surface area contributed by atoms with Crippen LogP contribution in [0.2, 0.25) is 0 Å². The Kier molecular flexibility index (Phi) is 16.2. The molecule has 3 aliphatic heterocycles. The number of aliphatic hydroxyl groups excluding tert-OH is 1. The van der Waals surface area contributed by atoms with E-state index in [2.05, 4.69) is 6.92 Å². The molecule has 6 rings (SSSR count). The molecule has 2 saturated carbocycles. The maximum absolute atomic E-state index is 14.1. The maximum Gasteiger partial charge on any atom is 0.509 e. The summed E-state index contributed by atoms with van der Waals surface area (Å²) in [6, 6.07) is 0. The Balaban J connectivity index is 1.08. The molecule has 0 aromatic heterocycles. The molecule has 0 aromatic rings. The van der Waals surface area contributed by atoms with Crippen molar-refractivity contribution in [3.05, 3.63) is 11.6 Å². The van der Waals surface area contributed by atoms with Gasteiger partial charge in [-0.1, -0.05) is 131 Å². The second kappa shape index (κ2) is 20.5. The van der Waals surface area contributed by atoms with Gasteiger partial charge in [0, 0.05) is 22.7 Å². The lowest BCUT2D eigenvalue weighted by atomic mass is 9.38. The van der Waals surface area contributed by atoms with Crippen LogP contribution in [-0.4, -0.2) is 107 Å². The average Bonchev–Trinajstić information content (AvgIpc) is 3.80. The third kappa shape index (κ3) is 9.64. The van der Waals surface area contributed by atoms with Crippen LogP contribution in [0.5, 0.6) is 0 Å². The highest BCUT2D eigenvalue weighted by atomic mass is 16.8. The highest BCUT2D eigenvalue weighted by Crippen LogP contribution is 2.74. The minimum Gasteiger partial charge on any atom is -0.459 e. The van der Waals surface area contributed by atoms with Crippen molar-refractivity contribution in [3.63, 3.8) is 0 Å². The molecule has 14 nitrogen and oxygen atoms in total. The van der Waals surface area contributed by atoms with E-state index < -0.39 is 107 Å². The van der Waals surface area contributed by atoms with E-state index in [0.29, 0.717) is 5.57 Å². The van der Waals surface area contributed by atoms with E-state index in [4.69, 9.17) is 33.2 Å². The van der Waals surface area contributed by atoms with E-state index in [0.717, 1.165) is 19.3 Å². The van der Waals surface area contributed by atoms with Crippen molar-refractivity contribution in [2.75, 3.05) is 19.8 Å². The van der Waals surface area contributed by atoms with Gasteiger partial charge in [-0.25, -0.2) is 9.59 Å². The Labute approximate surface area is 374 Å². The SMILES string of the molecule is CCCCCCCCCCCCCCCC1OCC(COC(=O)O[C@@H]2C(=O)C=C(C)[C@@H]3C[C@H]4OC(=O)C(OC(=O)CC(O)(C(C)C)C(C)C)C5C(C)[C@@H](O)[C@@]6(O)OC[C@@]54C6C23C)O1. The highest BCUT2D eigenvalue weighted by molar-refractivity contribution is 5.97. The smallest absolute Gasteiger partial charge is 0.459 e. The van der Waals surface area contributed by atoms with Crippen LogP contribution in [0.15, 0.2) is 11.6 Å². The first kappa shape index (κ1) is 49.8. The minimum atomic E-state index is -2.25. The molecule has 0 amide bonds. The lowest BCUT2D eigenvalue weighted by molar-refractivity contribution is -0.340. The van der Waals surface area contributed by atoms with Gasteiger partial charge in [0.25, 0.3) is 0 Å². The number of hydrogen-bond acceptors (Lipinski definition) is 14. The first-order chi connectivity index (χ1) is 29.9. The molecule has 3 saturated heterocycles. The number of aliphatic hydroxyl groups is 3. The van der Waals surface area contributed by atoms with Crippen molar-refractivity contribution in [3.8, 4) is 0 Å². The zero-order valence-electron chi connectivity index (χ0n) is 39.3. The number of hydrogen-bond donors (Lipinski definition) is 3. The summed E-state index contributed by atoms with van der Waals surface area (Å²) < 4.78 is 41.7. The summed E-state index contributed by atoms with van der Waals surface area (Å²) in [7, 11) is 0. The van der Waals surface area contributed by atoms with Gasteiger partial charge < -0.3 is 48.5 Å². The minimum absolute atomic E-state index is 0.156. The second-order valence-electron chi connectivity index (χ2n) is 20.8. The largest absolute Gasteiger partial charge is 0.509 e. The Morgan fingerprint density at radius 3 is 2.14 bits per heavy atom. The van der Waals surface area contributed by atoms with Crippen LogP contribution < -0.4 is 0 Å². The van der Waals surface area contributed by atoms with Crippen LogP contribution in [0.4, 0.5) is 4.79 Å². The fraction of sp³-hybridized carbons (Fsp3) is 0.878. The summed E-state index contributed by atoms with van der Waals surface area (Å²) >= 11 is 0. The van der Waals surface area contributed by atoms with E-state index >= 15 is 0 Å². The van der Waals surface area contributed by atoms with Crippen molar-refractivity contribution < 1.29 is 67.7 Å². The Morgan fingerprint density at radius 1 is 0.937 bits per heavy atom. The molecule has 3 heterocycles. The van der Waals surface area contributed by atoms with Crippen molar-refractivity contribution >= 4 is 23.9 Å². The standard InChI is InChI=1S/C49H78O14/c1-9-10-11-12-13-14-15-16-17-18-19-20-21-22-38-57-26-33(60-38)27-58-45(54)63-42-35(50)23-31(6)34-24-36-47-28-59-49(56,44(47)46(34,42)8)41(52)32(7)39(47)40(43(53)61-36)62-37(51)25-48(55,29(2)3)30(4)5/h23,29-30,32-34,36,38-42,44,52,55-56H,9-22,24-28H2,1-8H3/t32?,33?,34-,36+,38?,39?,40?,41+,42+,44?,46?,47-,49+/m0/s1. The predicted molar refractivity (Wildman–Crippen MR) is 231 cm³/mol. The molecule has 7 unspecified atom stereocenters. The van der Waals surface area contributed by atoms with Crippen molar-refractivity contribution in [1.29, 1.82) is 0 Å². The van der Waals surface area contributed by atoms with Gasteiger partial charge in [-0.15, -0.1) is 0 Å². The lowest BCUT2D eigenvalue weighted by Crippen LogP contribution is -2.78. The van der Waals surface area contributed by atoms with E-state index in [9.17, 15) is 34.5 Å². The Hall–Kier alpha value is -2.62. The summed E-state index contributed by atoms with van der Waals surface area (Å²) in [6.45, 7) is 14.5. The number of carbonyl (C=O) groups excluding carboxylic acids is 4. The van der Waals surface area contributed by atoms with E-state index in [1.165, 1.54) is 76.7 Å². The summed E-state index contributed by atoms with van der Waals surface area (Å²) in [6.07, 6.45) is 11.0. The van der Waals surface area contributed by atoms with Crippen LogP contribution >= 0.6 is 0 Å². The molecule has 6 aliphatic rings. The molecule has 358 valence electrons. The average molecular weight is 891 g/mol. The molecule has 3 aliphatic carbocycles. The summed E-state index contributed by atoms with van der Waals surface area (Å²) in [5.74, 6) is -8.49. The number of ether oxygens (including phenoxy) is 7. The molecule has 1 spiro atoms. The number of unbranched alkanes of at least 4 members (excludes halogenated alkanes) is 12. The predicted octanol–water partition coefficient (Wildman–Crippen LogP) is 7.50. The molecule has 63 heavy (non-hydrogen) atoms. The highest BCUT2D eigenvalue weighted by Gasteiger charge is 2.84. The topological polar surface area (TPSA) is 194 Å². The third-order valence-electron chi connectivity index (χ3n) is 16.2. The van der Waals surface area contributed by atoms with Gasteiger partial charge in [0.2, 0.25) is 6.10 Å². The summed E-state index contributed by atoms with van der Waals surface area (Å²) in [4.78, 5) is 55.2. The first-order valence-electron chi connectivity index (χ1n) is 24.3. The number of esters is 2. The van der Waals surface area contributed by atoms with Gasteiger partial charge in [0.05, 0.1) is 25.2 Å². The summed E-state index contributed by atoms with van der Waals surface area (Å²) in [5.41, 5.74) is -3.47. The van der Waals surface area contributed by atoms with Crippen LogP contribution in [0.1, 0.15) is 158 Å². The van der Waals surface area contributed by atoms with Gasteiger partial charge in [0.15, 0.2) is 24.0 Å². The van der Waals surface area contributed by atoms with Crippen LogP contribution in [0.25, 0.3) is 0 Å². The fourth-order valence-electron chi connectivity index (χ4n) is 12.8. The molecule has 0 aromatic carbocycles. The Morgan fingerprint density at radius 2 is 1.54 bits per heavy atom. The van der Waals surface area contributed by atoms with Crippen LogP contribution in [0, 0.1) is 46.3 Å². The van der Waals surface area contributed by atoms with Gasteiger partial charge in [-0.05, 0) is 55.9 Å². The zero-order valence-corrected chi connectivity index (χ0v) is 39.3. The Bertz CT molecular complexity index is 1640. The van der Waals surface area contributed by atoms with E-state index in [1.807, 2.05) is 0 Å². The first-order valence-corrected chi connectivity index (χ1v) is 24.3. The van der Waals surface area contributed by atoms with Gasteiger partial charge >= 0.3 is 18.1 Å². The van der Waals surface area contributed by atoms with Gasteiger partial charge in [0.1, 0.15) is 24.9 Å². The number of fused-ring (bicyclic) bond motifs is 1. The second-order valence-corrected chi connectivity index (χ2v) is 20.8. The summed E-state index contributed by atoms with van der Waals surface area (Å²) in [5, 5.41) is 35.9. The quantitative estimate of drug-likeness (QED) is 0.0549. The number of ketones is 1. The molecule has 14 heteroatoms. The van der Waals surface area contributed by atoms with Crippen LogP contribution in [0.3, 0.4) is 0 Å². The molecule has 13 atom stereocenters. The van der Waals surface area contributed by atoms with Crippen LogP contribution in [-0.2, 0) is 47.5 Å². The maximum atomic E-state index is 14.1. The molecular formula is C49H78O14. The normalized spacial score (nSPS) is 37.1. The molecular weight excluding hydrogens is 813 g/mol. The van der Waals surface area contributed by atoms with Gasteiger partial charge in [-0.3, -0.25) is 9.59 Å². The van der Waals surface area contributed by atoms with E-state index in [-0.39, 0.29) is 44.5 Å². The monoisotopic (exact) mass is 891 g/mol. The number of allylic oxidation sites excluding steroid dienone is 1. The molecule has 5 fully saturated rings. The van der Waals surface area contributed by atoms with Crippen molar-refractivity contribution in [1.82, 2.24) is 0 Å². The van der Waals surface area contributed by atoms with Gasteiger partial charge in [-0.2, -0.15) is 0 Å². The molecule has 3 N–H and O–H groups in total. The molecule has 0 radical (unpaired) electrons. The number of carbonyl (C=O) groups is 4. The van der Waals surface area contributed by atoms with Crippen molar-refractivity contribution in [2.24, 2.45) is 46.3 Å². The number of rotatable bonds is 22.